The summed E-state index contributed by atoms with van der Waals surface area (Å²) in [4.78, 5) is 16.6. The molecule has 0 fully saturated rings. The van der Waals surface area contributed by atoms with Gasteiger partial charge >= 0.3 is 0 Å². The Kier molecular flexibility index (Phi) is 4.97. The second-order valence-electron chi connectivity index (χ2n) is 5.97. The number of hydrogen-bond donors (Lipinski definition) is 1. The first-order chi connectivity index (χ1) is 13.7. The Bertz CT molecular complexity index is 957. The highest BCUT2D eigenvalue weighted by Crippen LogP contribution is 2.40. The number of ether oxygens (including phenoxy) is 4. The van der Waals surface area contributed by atoms with Crippen LogP contribution in [0.1, 0.15) is 10.4 Å². The predicted molar refractivity (Wildman–Crippen MR) is 103 cm³/mol. The van der Waals surface area contributed by atoms with E-state index in [1.165, 1.54) is 7.11 Å². The van der Waals surface area contributed by atoms with Gasteiger partial charge in [0, 0.05) is 23.6 Å². The minimum atomic E-state index is -0.280. The number of nitrogens with zero attached hydrogens (tertiary/aromatic N) is 1. The molecule has 0 unspecified atom stereocenters. The number of pyridine rings is 1. The molecule has 7 heteroatoms. The van der Waals surface area contributed by atoms with Crippen LogP contribution < -0.4 is 24.3 Å². The lowest BCUT2D eigenvalue weighted by molar-refractivity contribution is 0.102. The normalized spacial score (nSPS) is 12.2. The summed E-state index contributed by atoms with van der Waals surface area (Å²) >= 11 is 0. The lowest BCUT2D eigenvalue weighted by Crippen LogP contribution is -2.18. The van der Waals surface area contributed by atoms with Gasteiger partial charge in [-0.3, -0.25) is 9.78 Å². The van der Waals surface area contributed by atoms with Gasteiger partial charge in [-0.05, 0) is 48.5 Å². The van der Waals surface area contributed by atoms with Gasteiger partial charge in [-0.2, -0.15) is 0 Å². The van der Waals surface area contributed by atoms with Crippen molar-refractivity contribution in [2.75, 3.05) is 25.6 Å². The molecule has 28 heavy (non-hydrogen) atoms. The maximum absolute atomic E-state index is 12.6. The summed E-state index contributed by atoms with van der Waals surface area (Å²) < 4.78 is 22.2. The van der Waals surface area contributed by atoms with Crippen LogP contribution in [-0.4, -0.2) is 31.2 Å². The molecule has 0 saturated carbocycles. The van der Waals surface area contributed by atoms with E-state index in [4.69, 9.17) is 18.9 Å². The molecule has 2 heterocycles. The number of rotatable bonds is 5. The van der Waals surface area contributed by atoms with E-state index in [9.17, 15) is 4.79 Å². The smallest absolute Gasteiger partial charge is 0.255 e. The molecule has 0 atom stereocenters. The molecule has 1 N–H and O–H groups in total. The zero-order chi connectivity index (χ0) is 19.3. The summed E-state index contributed by atoms with van der Waals surface area (Å²) in [6, 6.07) is 13.9. The third kappa shape index (κ3) is 3.83. The molecule has 0 radical (unpaired) electrons. The lowest BCUT2D eigenvalue weighted by Gasteiger charge is -2.21. The van der Waals surface area contributed by atoms with Crippen LogP contribution in [0, 0.1) is 0 Å². The van der Waals surface area contributed by atoms with Crippen molar-refractivity contribution in [1.82, 2.24) is 4.98 Å². The number of methoxy groups -OCH3 is 1. The van der Waals surface area contributed by atoms with Gasteiger partial charge in [0.15, 0.2) is 11.5 Å². The largest absolute Gasteiger partial charge is 0.493 e. The number of carbonyl (C=O) groups is 1. The minimum Gasteiger partial charge on any atom is -0.493 e. The number of nitrogens with one attached hydrogen (secondary N) is 1. The van der Waals surface area contributed by atoms with Crippen LogP contribution in [0.25, 0.3) is 0 Å². The van der Waals surface area contributed by atoms with Crippen molar-refractivity contribution >= 4 is 11.6 Å². The highest BCUT2D eigenvalue weighted by Gasteiger charge is 2.21. The standard InChI is InChI=1S/C21H18N2O5/c1-25-18-12-14(13-19-20(18)27-11-10-26-19)21(24)23-15-2-4-16(5-3-15)28-17-6-8-22-9-7-17/h2-9,12-13H,10-11H2,1H3,(H,23,24). The van der Waals surface area contributed by atoms with Crippen LogP contribution in [0.2, 0.25) is 0 Å². The molecule has 1 aliphatic rings. The number of amides is 1. The van der Waals surface area contributed by atoms with Crippen molar-refractivity contribution in [1.29, 1.82) is 0 Å². The summed E-state index contributed by atoms with van der Waals surface area (Å²) in [7, 11) is 1.52. The molecule has 1 aliphatic heterocycles. The maximum Gasteiger partial charge on any atom is 0.255 e. The Labute approximate surface area is 161 Å². The number of hydrogen-bond acceptors (Lipinski definition) is 6. The average molecular weight is 378 g/mol. The minimum absolute atomic E-state index is 0.280. The summed E-state index contributed by atoms with van der Waals surface area (Å²) in [5.74, 6) is 2.54. The van der Waals surface area contributed by atoms with Crippen molar-refractivity contribution in [2.45, 2.75) is 0 Å². The number of aromatic nitrogens is 1. The highest BCUT2D eigenvalue weighted by molar-refractivity contribution is 6.05. The molecule has 0 bridgehead atoms. The van der Waals surface area contributed by atoms with E-state index in [0.29, 0.717) is 53.2 Å². The Morgan fingerprint density at radius 2 is 1.71 bits per heavy atom. The van der Waals surface area contributed by atoms with E-state index in [2.05, 4.69) is 10.3 Å². The molecular weight excluding hydrogens is 360 g/mol. The number of benzene rings is 2. The topological polar surface area (TPSA) is 78.9 Å². The van der Waals surface area contributed by atoms with Crippen molar-refractivity contribution in [2.24, 2.45) is 0 Å². The second kappa shape index (κ2) is 7.87. The van der Waals surface area contributed by atoms with Crippen molar-refractivity contribution in [3.8, 4) is 28.7 Å². The fourth-order valence-electron chi connectivity index (χ4n) is 2.76. The van der Waals surface area contributed by atoms with Crippen LogP contribution >= 0.6 is 0 Å². The molecule has 142 valence electrons. The summed E-state index contributed by atoms with van der Waals surface area (Å²) in [6.45, 7) is 0.878. The Morgan fingerprint density at radius 3 is 2.46 bits per heavy atom. The van der Waals surface area contributed by atoms with Crippen LogP contribution in [0.5, 0.6) is 28.7 Å². The first-order valence-electron chi connectivity index (χ1n) is 8.70. The van der Waals surface area contributed by atoms with Gasteiger partial charge in [0.05, 0.1) is 7.11 Å². The predicted octanol–water partition coefficient (Wildman–Crippen LogP) is 3.91. The van der Waals surface area contributed by atoms with E-state index in [-0.39, 0.29) is 5.91 Å². The van der Waals surface area contributed by atoms with E-state index < -0.39 is 0 Å². The quantitative estimate of drug-likeness (QED) is 0.725. The third-order valence-electron chi connectivity index (χ3n) is 4.09. The van der Waals surface area contributed by atoms with Gasteiger partial charge in [0.1, 0.15) is 24.7 Å². The number of carbonyl (C=O) groups excluding carboxylic acids is 1. The molecular formula is C21H18N2O5. The average Bonchev–Trinajstić information content (AvgIpc) is 2.75. The summed E-state index contributed by atoms with van der Waals surface area (Å²) in [5.41, 5.74) is 1.05. The lowest BCUT2D eigenvalue weighted by atomic mass is 10.1. The molecule has 7 nitrogen and oxygen atoms in total. The summed E-state index contributed by atoms with van der Waals surface area (Å²) in [5, 5.41) is 2.85. The first kappa shape index (κ1) is 17.7. The zero-order valence-corrected chi connectivity index (χ0v) is 15.2. The van der Waals surface area contributed by atoms with Crippen LogP contribution in [0.3, 0.4) is 0 Å². The van der Waals surface area contributed by atoms with Gasteiger partial charge < -0.3 is 24.3 Å². The first-order valence-corrected chi connectivity index (χ1v) is 8.70. The molecule has 4 rings (SSSR count). The van der Waals surface area contributed by atoms with Gasteiger partial charge in [-0.15, -0.1) is 0 Å². The molecule has 2 aromatic carbocycles. The Hall–Kier alpha value is -3.74. The SMILES string of the molecule is COc1cc(C(=O)Nc2ccc(Oc3ccncc3)cc2)cc2c1OCCO2. The van der Waals surface area contributed by atoms with Crippen LogP contribution in [-0.2, 0) is 0 Å². The Morgan fingerprint density at radius 1 is 1.00 bits per heavy atom. The van der Waals surface area contributed by atoms with Crippen molar-refractivity contribution in [3.63, 3.8) is 0 Å². The van der Waals surface area contributed by atoms with E-state index in [0.717, 1.165) is 0 Å². The highest BCUT2D eigenvalue weighted by atomic mass is 16.6. The van der Waals surface area contributed by atoms with Gasteiger partial charge in [0.25, 0.3) is 5.91 Å². The number of anilines is 1. The monoisotopic (exact) mass is 378 g/mol. The fraction of sp³-hybridized carbons (Fsp3) is 0.143. The molecule has 1 aromatic heterocycles. The van der Waals surface area contributed by atoms with E-state index in [1.54, 1.807) is 60.9 Å². The van der Waals surface area contributed by atoms with Crippen molar-refractivity contribution < 1.29 is 23.7 Å². The van der Waals surface area contributed by atoms with E-state index >= 15 is 0 Å². The molecule has 0 aliphatic carbocycles. The second-order valence-corrected chi connectivity index (χ2v) is 5.97. The summed E-state index contributed by atoms with van der Waals surface area (Å²) in [6.07, 6.45) is 3.32. The third-order valence-corrected chi connectivity index (χ3v) is 4.09. The van der Waals surface area contributed by atoms with Crippen LogP contribution in [0.4, 0.5) is 5.69 Å². The van der Waals surface area contributed by atoms with Gasteiger partial charge in [-0.25, -0.2) is 0 Å². The molecule has 3 aromatic rings. The number of fused-ring (bicyclic) bond motifs is 1. The molecule has 0 saturated heterocycles. The van der Waals surface area contributed by atoms with Gasteiger partial charge in [0.2, 0.25) is 5.75 Å². The van der Waals surface area contributed by atoms with E-state index in [1.807, 2.05) is 0 Å². The molecule has 1 amide bonds. The maximum atomic E-state index is 12.6. The van der Waals surface area contributed by atoms with Gasteiger partial charge in [-0.1, -0.05) is 0 Å². The molecule has 0 spiro atoms. The zero-order valence-electron chi connectivity index (χ0n) is 15.2. The van der Waals surface area contributed by atoms with Crippen molar-refractivity contribution in [3.05, 3.63) is 66.5 Å². The van der Waals surface area contributed by atoms with Crippen LogP contribution in [0.15, 0.2) is 60.9 Å². The Balaban J connectivity index is 1.48. The fourth-order valence-corrected chi connectivity index (χ4v) is 2.76.